The topological polar surface area (TPSA) is 41.6 Å². The van der Waals surface area contributed by atoms with Crippen LogP contribution in [-0.2, 0) is 25.7 Å². The number of nitrogens with one attached hydrogen (secondary N) is 1. The molecule has 0 aliphatic carbocycles. The number of rotatable bonds is 12. The van der Waals surface area contributed by atoms with Gasteiger partial charge >= 0.3 is 6.09 Å². The number of hydrogen-bond donors (Lipinski definition) is 1. The van der Waals surface area contributed by atoms with Crippen molar-refractivity contribution >= 4 is 44.1 Å². The molecule has 0 saturated carbocycles. The second-order valence-electron chi connectivity index (χ2n) is 5.73. The van der Waals surface area contributed by atoms with E-state index in [2.05, 4.69) is 12.4 Å². The minimum atomic E-state index is -0.513. The molecule has 0 aromatic carbocycles. The van der Waals surface area contributed by atoms with E-state index in [-0.39, 0.29) is 0 Å². The third-order valence-electron chi connectivity index (χ3n) is 3.52. The molecule has 0 saturated heterocycles. The van der Waals surface area contributed by atoms with Crippen LogP contribution in [0, 0.1) is 0 Å². The van der Waals surface area contributed by atoms with Crippen molar-refractivity contribution in [2.45, 2.75) is 78.1 Å². The zero-order valence-corrected chi connectivity index (χ0v) is 17.2. The van der Waals surface area contributed by atoms with Gasteiger partial charge in [-0.25, -0.2) is 14.6 Å². The van der Waals surface area contributed by atoms with Crippen molar-refractivity contribution in [2.75, 3.05) is 12.8 Å². The predicted molar refractivity (Wildman–Crippen MR) is 107 cm³/mol. The quantitative estimate of drug-likeness (QED) is 0.298. The number of unbranched alkanes of at least 4 members (excludes halogenated alkanes) is 9. The maximum atomic E-state index is 11.7. The van der Waals surface area contributed by atoms with Crippen LogP contribution in [0.1, 0.15) is 78.1 Å². The van der Waals surface area contributed by atoms with Crippen LogP contribution in [0.4, 0.5) is 4.79 Å². The first-order valence-electron chi connectivity index (χ1n) is 8.58. The van der Waals surface area contributed by atoms with Crippen molar-refractivity contribution in [3.63, 3.8) is 0 Å². The Hall–Kier alpha value is -0.270. The lowest BCUT2D eigenvalue weighted by Crippen LogP contribution is -2.35. The summed E-state index contributed by atoms with van der Waals surface area (Å²) in [7, 11) is 1.16. The van der Waals surface area contributed by atoms with Gasteiger partial charge in [0.15, 0.2) is 0 Å². The molecule has 0 aromatic heterocycles. The smallest absolute Gasteiger partial charge is 0.323 e. The fraction of sp³-hybridized carbons (Fsp3) is 0.875. The van der Waals surface area contributed by atoms with Crippen molar-refractivity contribution in [3.05, 3.63) is 0 Å². The Morgan fingerprint density at radius 1 is 1.04 bits per heavy atom. The zero-order chi connectivity index (χ0) is 17.5. The molecular weight excluding hydrogens is 348 g/mol. The van der Waals surface area contributed by atoms with Crippen molar-refractivity contribution in [3.8, 4) is 0 Å². The number of hydrogen-bond acceptors (Lipinski definition) is 4. The first-order valence-corrected chi connectivity index (χ1v) is 11.3. The van der Waals surface area contributed by atoms with Crippen LogP contribution in [0.2, 0.25) is 0 Å². The highest BCUT2D eigenvalue weighted by Crippen LogP contribution is 2.11. The van der Waals surface area contributed by atoms with E-state index in [4.69, 9.17) is 28.2 Å². The highest BCUT2D eigenvalue weighted by Gasteiger charge is 2.14. The van der Waals surface area contributed by atoms with Gasteiger partial charge in [0.05, 0.1) is 0 Å². The Balaban J connectivity index is 3.55. The van der Waals surface area contributed by atoms with E-state index < -0.39 is 15.7 Å². The zero-order valence-electron chi connectivity index (χ0n) is 14.8. The lowest BCUT2D eigenvalue weighted by molar-refractivity contribution is 0.108. The number of thiocarbonyl (C=S) groups is 1. The summed E-state index contributed by atoms with van der Waals surface area (Å²) >= 11 is 10.2. The standard InChI is InChI=1S/C16H32N2O2S3/c1-4-5-6-7-8-9-10-11-12-13-14-23(22)18(3)16(19)20-17-15(2)21/h4-14H2,1-3H3,(H,17,21). The Kier molecular flexibility index (Phi) is 15.1. The third-order valence-corrected chi connectivity index (χ3v) is 6.17. The first kappa shape index (κ1) is 22.7. The van der Waals surface area contributed by atoms with Gasteiger partial charge in [0, 0.05) is 12.8 Å². The maximum Gasteiger partial charge on any atom is 0.444 e. The summed E-state index contributed by atoms with van der Waals surface area (Å²) in [6, 6.07) is 0. The fourth-order valence-electron chi connectivity index (χ4n) is 2.11. The molecule has 0 spiro atoms. The average Bonchev–Trinajstić information content (AvgIpc) is 2.53. The Morgan fingerprint density at radius 3 is 2.00 bits per heavy atom. The van der Waals surface area contributed by atoms with Gasteiger partial charge in [-0.15, -0.1) is 0 Å². The van der Waals surface area contributed by atoms with Crippen LogP contribution in [0.25, 0.3) is 0 Å². The number of hydroxylamine groups is 1. The Morgan fingerprint density at radius 2 is 1.52 bits per heavy atom. The van der Waals surface area contributed by atoms with Crippen LogP contribution in [0.15, 0.2) is 0 Å². The summed E-state index contributed by atoms with van der Waals surface area (Å²) in [5, 5.41) is 0. The summed E-state index contributed by atoms with van der Waals surface area (Å²) in [6.07, 6.45) is 12.5. The van der Waals surface area contributed by atoms with Gasteiger partial charge in [-0.3, -0.25) is 0 Å². The molecule has 136 valence electrons. The molecule has 0 aliphatic heterocycles. The second-order valence-corrected chi connectivity index (χ2v) is 9.10. The van der Waals surface area contributed by atoms with Crippen LogP contribution in [0.3, 0.4) is 0 Å². The summed E-state index contributed by atoms with van der Waals surface area (Å²) in [6.45, 7) is 3.90. The van der Waals surface area contributed by atoms with E-state index in [0.717, 1.165) is 12.2 Å². The summed E-state index contributed by atoms with van der Waals surface area (Å²) in [4.78, 5) is 16.9. The van der Waals surface area contributed by atoms with Gasteiger partial charge in [-0.1, -0.05) is 76.9 Å². The molecule has 0 aromatic rings. The molecule has 0 fully saturated rings. The third kappa shape index (κ3) is 13.8. The second kappa shape index (κ2) is 15.3. The average molecular weight is 381 g/mol. The summed E-state index contributed by atoms with van der Waals surface area (Å²) < 4.78 is 1.47. The van der Waals surface area contributed by atoms with E-state index in [9.17, 15) is 4.79 Å². The van der Waals surface area contributed by atoms with Crippen molar-refractivity contribution in [1.82, 2.24) is 9.79 Å². The first-order chi connectivity index (χ1) is 11.0. The summed E-state index contributed by atoms with van der Waals surface area (Å²) in [5.74, 6) is 0.855. The molecule has 1 unspecified atom stereocenters. The van der Waals surface area contributed by atoms with Gasteiger partial charge in [0.1, 0.15) is 4.99 Å². The van der Waals surface area contributed by atoms with Gasteiger partial charge in [0.2, 0.25) is 0 Å². The van der Waals surface area contributed by atoms with Gasteiger partial charge in [-0.2, -0.15) is 0 Å². The minimum absolute atomic E-state index is 0.422. The highest BCUT2D eigenvalue weighted by atomic mass is 32.8. The Labute approximate surface area is 154 Å². The summed E-state index contributed by atoms with van der Waals surface area (Å²) in [5.41, 5.74) is 2.39. The van der Waals surface area contributed by atoms with Crippen molar-refractivity contribution < 1.29 is 9.63 Å². The molecule has 23 heavy (non-hydrogen) atoms. The van der Waals surface area contributed by atoms with E-state index >= 15 is 0 Å². The molecule has 1 N–H and O–H groups in total. The number of carbonyl (C=O) groups is 1. The van der Waals surface area contributed by atoms with Crippen LogP contribution in [-0.4, -0.2) is 28.2 Å². The minimum Gasteiger partial charge on any atom is -0.323 e. The van der Waals surface area contributed by atoms with Crippen molar-refractivity contribution in [2.24, 2.45) is 0 Å². The van der Waals surface area contributed by atoms with E-state index in [1.807, 2.05) is 0 Å². The molecule has 0 aliphatic rings. The number of nitrogens with zero attached hydrogens (tertiary/aromatic N) is 1. The predicted octanol–water partition coefficient (Wildman–Crippen LogP) is 4.82. The SMILES string of the molecule is CCCCCCCCCCCCS(=S)N(C)C(=O)ONC(C)=S. The molecule has 4 nitrogen and oxygen atoms in total. The monoisotopic (exact) mass is 380 g/mol. The van der Waals surface area contributed by atoms with E-state index in [0.29, 0.717) is 4.99 Å². The van der Waals surface area contributed by atoms with Gasteiger partial charge in [0.25, 0.3) is 0 Å². The molecule has 1 amide bonds. The lowest BCUT2D eigenvalue weighted by atomic mass is 10.1. The fourth-order valence-corrected chi connectivity index (χ4v) is 3.62. The Bertz CT molecular complexity index is 365. The van der Waals surface area contributed by atoms with Gasteiger partial charge < -0.3 is 4.84 Å². The molecule has 0 heterocycles. The molecular formula is C16H32N2O2S3. The maximum absolute atomic E-state index is 11.7. The lowest BCUT2D eigenvalue weighted by Gasteiger charge is -2.18. The molecule has 0 rings (SSSR count). The largest absolute Gasteiger partial charge is 0.444 e. The molecule has 7 heteroatoms. The van der Waals surface area contributed by atoms with E-state index in [1.54, 1.807) is 14.0 Å². The molecule has 1 atom stereocenters. The van der Waals surface area contributed by atoms with Gasteiger partial charge in [-0.05, 0) is 34.2 Å². The normalized spacial score (nSPS) is 11.8. The van der Waals surface area contributed by atoms with Crippen LogP contribution >= 0.6 is 12.2 Å². The highest BCUT2D eigenvalue weighted by molar-refractivity contribution is 8.27. The van der Waals surface area contributed by atoms with Crippen LogP contribution in [0.5, 0.6) is 0 Å². The van der Waals surface area contributed by atoms with E-state index in [1.165, 1.54) is 62.1 Å². The number of amides is 1. The number of carbonyl (C=O) groups excluding carboxylic acids is 1. The van der Waals surface area contributed by atoms with Crippen molar-refractivity contribution in [1.29, 1.82) is 0 Å². The molecule has 0 bridgehead atoms. The molecule has 0 radical (unpaired) electrons. The van der Waals surface area contributed by atoms with Crippen LogP contribution < -0.4 is 5.48 Å².